The molecule has 0 aliphatic carbocycles. The molecule has 0 amide bonds. The van der Waals surface area contributed by atoms with Gasteiger partial charge in [-0.1, -0.05) is 0 Å². The highest BCUT2D eigenvalue weighted by Gasteiger charge is 2.17. The van der Waals surface area contributed by atoms with Crippen LogP contribution in [0, 0.1) is 10.1 Å². The number of non-ortho nitro benzene ring substituents is 1. The summed E-state index contributed by atoms with van der Waals surface area (Å²) in [6.07, 6.45) is 1.85. The summed E-state index contributed by atoms with van der Waals surface area (Å²) >= 11 is 0. The second-order valence-electron chi connectivity index (χ2n) is 3.79. The maximum absolute atomic E-state index is 10.6. The van der Waals surface area contributed by atoms with E-state index in [9.17, 15) is 10.1 Å². The standard InChI is InChI=1S/C11H12N2O3/c1-12-6-9-5-10(13(15)16)3-2-8(9)4-11(12)7-14/h2-5,14H,6-7H2,1H3. The van der Waals surface area contributed by atoms with Crippen molar-refractivity contribution in [3.8, 4) is 0 Å². The van der Waals surface area contributed by atoms with Crippen molar-refractivity contribution in [1.29, 1.82) is 0 Å². The van der Waals surface area contributed by atoms with Gasteiger partial charge in [-0.05, 0) is 23.3 Å². The Bertz CT molecular complexity index is 468. The van der Waals surface area contributed by atoms with Crippen molar-refractivity contribution < 1.29 is 10.0 Å². The molecule has 5 nitrogen and oxygen atoms in total. The highest BCUT2D eigenvalue weighted by molar-refractivity contribution is 5.61. The molecule has 0 spiro atoms. The zero-order valence-corrected chi connectivity index (χ0v) is 8.88. The smallest absolute Gasteiger partial charge is 0.269 e. The molecule has 0 saturated heterocycles. The lowest BCUT2D eigenvalue weighted by atomic mass is 10.0. The number of hydrogen-bond donors (Lipinski definition) is 1. The minimum atomic E-state index is -0.397. The number of hydrogen-bond acceptors (Lipinski definition) is 4. The van der Waals surface area contributed by atoms with E-state index in [1.165, 1.54) is 6.07 Å². The van der Waals surface area contributed by atoms with Crippen LogP contribution in [0.2, 0.25) is 0 Å². The predicted octanol–water partition coefficient (Wildman–Crippen LogP) is 1.37. The van der Waals surface area contributed by atoms with E-state index in [1.54, 1.807) is 12.1 Å². The van der Waals surface area contributed by atoms with E-state index < -0.39 is 4.92 Å². The van der Waals surface area contributed by atoms with Gasteiger partial charge in [0.2, 0.25) is 0 Å². The largest absolute Gasteiger partial charge is 0.390 e. The Labute approximate surface area is 92.8 Å². The van der Waals surface area contributed by atoms with Crippen molar-refractivity contribution in [2.45, 2.75) is 6.54 Å². The zero-order valence-electron chi connectivity index (χ0n) is 8.88. The monoisotopic (exact) mass is 220 g/mol. The molecule has 1 aromatic carbocycles. The summed E-state index contributed by atoms with van der Waals surface area (Å²) < 4.78 is 0. The zero-order chi connectivity index (χ0) is 11.7. The van der Waals surface area contributed by atoms with Crippen molar-refractivity contribution in [1.82, 2.24) is 4.90 Å². The maximum atomic E-state index is 10.6. The molecule has 0 atom stereocenters. The van der Waals surface area contributed by atoms with E-state index in [4.69, 9.17) is 5.11 Å². The number of aliphatic hydroxyl groups excluding tert-OH is 1. The summed E-state index contributed by atoms with van der Waals surface area (Å²) in [7, 11) is 1.85. The average Bonchev–Trinajstić information content (AvgIpc) is 2.27. The van der Waals surface area contributed by atoms with Crippen LogP contribution in [0.25, 0.3) is 6.08 Å². The number of nitrogens with zero attached hydrogens (tertiary/aromatic N) is 2. The van der Waals surface area contributed by atoms with Crippen LogP contribution in [0.3, 0.4) is 0 Å². The van der Waals surface area contributed by atoms with E-state index in [0.29, 0.717) is 6.54 Å². The highest BCUT2D eigenvalue weighted by atomic mass is 16.6. The number of nitro benzene ring substituents is 1. The molecule has 5 heteroatoms. The van der Waals surface area contributed by atoms with E-state index in [0.717, 1.165) is 16.8 Å². The van der Waals surface area contributed by atoms with Crippen LogP contribution >= 0.6 is 0 Å². The molecule has 1 N–H and O–H groups in total. The molecule has 1 aliphatic heterocycles. The number of fused-ring (bicyclic) bond motifs is 1. The third kappa shape index (κ3) is 1.77. The Balaban J connectivity index is 2.44. The third-order valence-electron chi connectivity index (χ3n) is 2.72. The third-order valence-corrected chi connectivity index (χ3v) is 2.72. The lowest BCUT2D eigenvalue weighted by Crippen LogP contribution is -2.23. The van der Waals surface area contributed by atoms with Crippen LogP contribution in [-0.2, 0) is 6.54 Å². The first-order chi connectivity index (χ1) is 7.61. The van der Waals surface area contributed by atoms with Crippen molar-refractivity contribution >= 4 is 11.8 Å². The molecule has 2 rings (SSSR count). The number of rotatable bonds is 2. The minimum Gasteiger partial charge on any atom is -0.390 e. The van der Waals surface area contributed by atoms with Gasteiger partial charge in [0.25, 0.3) is 5.69 Å². The predicted molar refractivity (Wildman–Crippen MR) is 59.6 cm³/mol. The first kappa shape index (κ1) is 10.6. The minimum absolute atomic E-state index is 0.0209. The van der Waals surface area contributed by atoms with Gasteiger partial charge in [-0.3, -0.25) is 10.1 Å². The molecule has 1 aromatic rings. The van der Waals surface area contributed by atoms with Crippen molar-refractivity contribution in [2.24, 2.45) is 0 Å². The van der Waals surface area contributed by atoms with E-state index in [2.05, 4.69) is 0 Å². The van der Waals surface area contributed by atoms with E-state index in [-0.39, 0.29) is 12.3 Å². The molecular formula is C11H12N2O3. The fourth-order valence-corrected chi connectivity index (χ4v) is 1.80. The van der Waals surface area contributed by atoms with Gasteiger partial charge in [0.1, 0.15) is 0 Å². The van der Waals surface area contributed by atoms with Crippen molar-refractivity contribution in [2.75, 3.05) is 13.7 Å². The summed E-state index contributed by atoms with van der Waals surface area (Å²) in [6.45, 7) is 0.566. The molecular weight excluding hydrogens is 208 g/mol. The Morgan fingerprint density at radius 3 is 2.94 bits per heavy atom. The summed E-state index contributed by atoms with van der Waals surface area (Å²) in [5.74, 6) is 0. The fourth-order valence-electron chi connectivity index (χ4n) is 1.80. The summed E-state index contributed by atoms with van der Waals surface area (Å²) in [5.41, 5.74) is 2.77. The summed E-state index contributed by atoms with van der Waals surface area (Å²) in [6, 6.07) is 4.78. The van der Waals surface area contributed by atoms with Crippen molar-refractivity contribution in [3.63, 3.8) is 0 Å². The molecule has 0 bridgehead atoms. The number of likely N-dealkylation sites (N-methyl/N-ethyl adjacent to an activating group) is 1. The van der Waals surface area contributed by atoms with Crippen LogP contribution in [0.1, 0.15) is 11.1 Å². The molecule has 0 saturated carbocycles. The first-order valence-corrected chi connectivity index (χ1v) is 4.91. The maximum Gasteiger partial charge on any atom is 0.269 e. The van der Waals surface area contributed by atoms with Gasteiger partial charge < -0.3 is 10.0 Å². The number of benzene rings is 1. The number of aliphatic hydroxyl groups is 1. The molecule has 0 aromatic heterocycles. The Morgan fingerprint density at radius 1 is 1.56 bits per heavy atom. The summed E-state index contributed by atoms with van der Waals surface area (Å²) in [4.78, 5) is 12.1. The van der Waals surface area contributed by atoms with Gasteiger partial charge in [0.05, 0.1) is 11.5 Å². The first-order valence-electron chi connectivity index (χ1n) is 4.91. The second-order valence-corrected chi connectivity index (χ2v) is 3.79. The van der Waals surface area contributed by atoms with Crippen LogP contribution in [-0.4, -0.2) is 28.6 Å². The van der Waals surface area contributed by atoms with Gasteiger partial charge >= 0.3 is 0 Å². The molecule has 84 valence electrons. The topological polar surface area (TPSA) is 66.6 Å². The molecule has 1 heterocycles. The quantitative estimate of drug-likeness (QED) is 0.604. The molecule has 16 heavy (non-hydrogen) atoms. The van der Waals surface area contributed by atoms with Crippen LogP contribution in [0.15, 0.2) is 23.9 Å². The van der Waals surface area contributed by atoms with E-state index in [1.807, 2.05) is 18.0 Å². The lowest BCUT2D eigenvalue weighted by Gasteiger charge is -2.26. The molecule has 0 fully saturated rings. The fraction of sp³-hybridized carbons (Fsp3) is 0.273. The Kier molecular flexibility index (Phi) is 2.62. The average molecular weight is 220 g/mol. The van der Waals surface area contributed by atoms with Gasteiger partial charge in [-0.2, -0.15) is 0 Å². The molecule has 0 unspecified atom stereocenters. The van der Waals surface area contributed by atoms with Gasteiger partial charge in [-0.15, -0.1) is 0 Å². The molecule has 1 aliphatic rings. The van der Waals surface area contributed by atoms with E-state index >= 15 is 0 Å². The Morgan fingerprint density at radius 2 is 2.31 bits per heavy atom. The SMILES string of the molecule is CN1Cc2cc([N+](=O)[O-])ccc2C=C1CO. The normalized spacial score (nSPS) is 14.4. The van der Waals surface area contributed by atoms with Gasteiger partial charge in [0.15, 0.2) is 0 Å². The van der Waals surface area contributed by atoms with Gasteiger partial charge in [-0.25, -0.2) is 0 Å². The van der Waals surface area contributed by atoms with Crippen LogP contribution in [0.5, 0.6) is 0 Å². The van der Waals surface area contributed by atoms with Crippen LogP contribution in [0.4, 0.5) is 5.69 Å². The second kappa shape index (κ2) is 3.94. The Hall–Kier alpha value is -1.88. The summed E-state index contributed by atoms with van der Waals surface area (Å²) in [5, 5.41) is 19.7. The highest BCUT2D eigenvalue weighted by Crippen LogP contribution is 2.26. The number of nitro groups is 1. The van der Waals surface area contributed by atoms with Crippen molar-refractivity contribution in [3.05, 3.63) is 45.1 Å². The van der Waals surface area contributed by atoms with Crippen LogP contribution < -0.4 is 0 Å². The lowest BCUT2D eigenvalue weighted by molar-refractivity contribution is -0.384. The van der Waals surface area contributed by atoms with Gasteiger partial charge in [0, 0.05) is 31.4 Å². The molecule has 0 radical (unpaired) electrons.